The lowest BCUT2D eigenvalue weighted by molar-refractivity contribution is 0.0424. The molecular formula is C24H30N2O4. The molecule has 1 saturated carbocycles. The number of piperidine rings is 1. The SMILES string of the molecule is O=C(O)N(C1CCN(C[C@@H](O)COc2ccccc2)CC1)C1CC1c1ccccc1. The van der Waals surface area contributed by atoms with Gasteiger partial charge in [-0.05, 0) is 37.0 Å². The van der Waals surface area contributed by atoms with Crippen LogP contribution in [-0.4, -0.2) is 70.5 Å². The molecular weight excluding hydrogens is 380 g/mol. The van der Waals surface area contributed by atoms with Gasteiger partial charge >= 0.3 is 6.09 Å². The highest BCUT2D eigenvalue weighted by molar-refractivity contribution is 5.67. The number of hydrogen-bond acceptors (Lipinski definition) is 4. The van der Waals surface area contributed by atoms with E-state index in [1.165, 1.54) is 5.56 Å². The maximum Gasteiger partial charge on any atom is 0.407 e. The van der Waals surface area contributed by atoms with Crippen molar-refractivity contribution >= 4 is 6.09 Å². The molecule has 0 bridgehead atoms. The molecule has 2 aromatic carbocycles. The summed E-state index contributed by atoms with van der Waals surface area (Å²) < 4.78 is 5.63. The Balaban J connectivity index is 1.24. The van der Waals surface area contributed by atoms with Crippen molar-refractivity contribution in [3.05, 3.63) is 66.2 Å². The molecule has 6 nitrogen and oxygen atoms in total. The number of nitrogens with zero attached hydrogens (tertiary/aromatic N) is 2. The van der Waals surface area contributed by atoms with E-state index in [0.717, 1.165) is 38.1 Å². The third kappa shape index (κ3) is 5.12. The Labute approximate surface area is 177 Å². The predicted molar refractivity (Wildman–Crippen MR) is 115 cm³/mol. The van der Waals surface area contributed by atoms with Gasteiger partial charge in [-0.2, -0.15) is 0 Å². The molecule has 1 amide bonds. The molecule has 1 heterocycles. The van der Waals surface area contributed by atoms with Crippen LogP contribution in [0.1, 0.15) is 30.7 Å². The van der Waals surface area contributed by atoms with Crippen molar-refractivity contribution in [3.8, 4) is 5.75 Å². The maximum atomic E-state index is 12.0. The van der Waals surface area contributed by atoms with Crippen molar-refractivity contribution in [1.82, 2.24) is 9.80 Å². The lowest BCUT2D eigenvalue weighted by Crippen LogP contribution is -2.49. The van der Waals surface area contributed by atoms with Crippen molar-refractivity contribution in [2.24, 2.45) is 0 Å². The molecule has 4 rings (SSSR count). The third-order valence-electron chi connectivity index (χ3n) is 6.17. The smallest absolute Gasteiger partial charge is 0.407 e. The summed E-state index contributed by atoms with van der Waals surface area (Å²) in [4.78, 5) is 15.9. The number of ether oxygens (including phenoxy) is 1. The Bertz CT molecular complexity index is 808. The number of para-hydroxylation sites is 1. The second-order valence-electron chi connectivity index (χ2n) is 8.32. The lowest BCUT2D eigenvalue weighted by Gasteiger charge is -2.38. The van der Waals surface area contributed by atoms with E-state index in [0.29, 0.717) is 12.5 Å². The summed E-state index contributed by atoms with van der Waals surface area (Å²) in [5.41, 5.74) is 1.23. The Morgan fingerprint density at radius 3 is 2.33 bits per heavy atom. The van der Waals surface area contributed by atoms with Crippen molar-refractivity contribution < 1.29 is 19.7 Å². The average Bonchev–Trinajstić information content (AvgIpc) is 3.55. The Morgan fingerprint density at radius 1 is 1.07 bits per heavy atom. The molecule has 2 fully saturated rings. The van der Waals surface area contributed by atoms with Gasteiger partial charge in [0.1, 0.15) is 18.5 Å². The van der Waals surface area contributed by atoms with Crippen LogP contribution in [0.2, 0.25) is 0 Å². The van der Waals surface area contributed by atoms with Gasteiger partial charge in [-0.3, -0.25) is 0 Å². The van der Waals surface area contributed by atoms with Crippen LogP contribution < -0.4 is 4.74 Å². The molecule has 0 aromatic heterocycles. The van der Waals surface area contributed by atoms with Crippen LogP contribution in [0.15, 0.2) is 60.7 Å². The van der Waals surface area contributed by atoms with Gasteiger partial charge in [0.15, 0.2) is 0 Å². The fraction of sp³-hybridized carbons (Fsp3) is 0.458. The van der Waals surface area contributed by atoms with Crippen LogP contribution in [0, 0.1) is 0 Å². The summed E-state index contributed by atoms with van der Waals surface area (Å²) in [6.07, 6.45) is 1.13. The van der Waals surface area contributed by atoms with Gasteiger partial charge < -0.3 is 24.7 Å². The highest BCUT2D eigenvalue weighted by Crippen LogP contribution is 2.46. The van der Waals surface area contributed by atoms with Gasteiger partial charge in [-0.25, -0.2) is 4.79 Å². The van der Waals surface area contributed by atoms with E-state index in [4.69, 9.17) is 4.74 Å². The number of carbonyl (C=O) groups is 1. The summed E-state index contributed by atoms with van der Waals surface area (Å²) in [6.45, 7) is 2.38. The third-order valence-corrected chi connectivity index (χ3v) is 6.17. The van der Waals surface area contributed by atoms with Gasteiger partial charge in [0.25, 0.3) is 0 Å². The Hall–Kier alpha value is -2.57. The number of amides is 1. The topological polar surface area (TPSA) is 73.2 Å². The second kappa shape index (κ2) is 9.49. The van der Waals surface area contributed by atoms with Gasteiger partial charge in [0.2, 0.25) is 0 Å². The average molecular weight is 411 g/mol. The molecule has 2 aliphatic rings. The molecule has 1 aliphatic heterocycles. The quantitative estimate of drug-likeness (QED) is 0.698. The monoisotopic (exact) mass is 410 g/mol. The number of benzene rings is 2. The van der Waals surface area contributed by atoms with Gasteiger partial charge in [0, 0.05) is 37.6 Å². The normalized spacial score (nSPS) is 23.0. The van der Waals surface area contributed by atoms with E-state index >= 15 is 0 Å². The molecule has 0 radical (unpaired) electrons. The fourth-order valence-electron chi connectivity index (χ4n) is 4.56. The van der Waals surface area contributed by atoms with E-state index in [-0.39, 0.29) is 18.7 Å². The minimum Gasteiger partial charge on any atom is -0.491 e. The fourth-order valence-corrected chi connectivity index (χ4v) is 4.56. The first kappa shape index (κ1) is 20.7. The largest absolute Gasteiger partial charge is 0.491 e. The number of aliphatic hydroxyl groups excluding tert-OH is 1. The number of β-amino-alcohol motifs (C(OH)–C–C–N with tert-alkyl or cyclic N) is 1. The van der Waals surface area contributed by atoms with Crippen LogP contribution in [0.4, 0.5) is 4.79 Å². The number of likely N-dealkylation sites (tertiary alicyclic amines) is 1. The van der Waals surface area contributed by atoms with Gasteiger partial charge in [-0.1, -0.05) is 48.5 Å². The molecule has 2 aromatic rings. The van der Waals surface area contributed by atoms with Crippen LogP contribution in [0.5, 0.6) is 5.75 Å². The molecule has 160 valence electrons. The lowest BCUT2D eigenvalue weighted by atomic mass is 10.0. The molecule has 1 aliphatic carbocycles. The van der Waals surface area contributed by atoms with Crippen molar-refractivity contribution in [2.45, 2.75) is 43.4 Å². The zero-order valence-corrected chi connectivity index (χ0v) is 17.1. The molecule has 6 heteroatoms. The van der Waals surface area contributed by atoms with E-state index in [1.54, 1.807) is 4.90 Å². The van der Waals surface area contributed by atoms with Gasteiger partial charge in [0.05, 0.1) is 0 Å². The second-order valence-corrected chi connectivity index (χ2v) is 8.32. The number of hydrogen-bond donors (Lipinski definition) is 2. The number of aliphatic hydroxyl groups is 1. The first-order valence-electron chi connectivity index (χ1n) is 10.8. The van der Waals surface area contributed by atoms with Crippen molar-refractivity contribution in [3.63, 3.8) is 0 Å². The standard InChI is InChI=1S/C24H30N2O4/c27-20(17-30-21-9-5-2-6-10-21)16-25-13-11-19(12-14-25)26(24(28)29)23-15-22(23)18-7-3-1-4-8-18/h1-10,19-20,22-23,27H,11-17H2,(H,28,29)/t20-,22?,23?/m1/s1. The van der Waals surface area contributed by atoms with E-state index < -0.39 is 12.2 Å². The first-order chi connectivity index (χ1) is 14.6. The summed E-state index contributed by atoms with van der Waals surface area (Å²) >= 11 is 0. The summed E-state index contributed by atoms with van der Waals surface area (Å²) in [5.74, 6) is 1.07. The Kier molecular flexibility index (Phi) is 6.55. The maximum absolute atomic E-state index is 12.0. The molecule has 30 heavy (non-hydrogen) atoms. The summed E-state index contributed by atoms with van der Waals surface area (Å²) in [6, 6.07) is 19.8. The summed E-state index contributed by atoms with van der Waals surface area (Å²) in [5, 5.41) is 20.2. The van der Waals surface area contributed by atoms with Crippen molar-refractivity contribution in [1.29, 1.82) is 0 Å². The summed E-state index contributed by atoms with van der Waals surface area (Å²) in [7, 11) is 0. The predicted octanol–water partition coefficient (Wildman–Crippen LogP) is 3.43. The zero-order valence-electron chi connectivity index (χ0n) is 17.1. The van der Waals surface area contributed by atoms with Crippen LogP contribution in [-0.2, 0) is 0 Å². The number of rotatable bonds is 8. The minimum atomic E-state index is -0.812. The minimum absolute atomic E-state index is 0.0511. The zero-order chi connectivity index (χ0) is 20.9. The van der Waals surface area contributed by atoms with Gasteiger partial charge in [-0.15, -0.1) is 0 Å². The van der Waals surface area contributed by atoms with Crippen LogP contribution in [0.3, 0.4) is 0 Å². The molecule has 2 unspecified atom stereocenters. The highest BCUT2D eigenvalue weighted by atomic mass is 16.5. The first-order valence-corrected chi connectivity index (χ1v) is 10.8. The molecule has 3 atom stereocenters. The molecule has 2 N–H and O–H groups in total. The Morgan fingerprint density at radius 2 is 1.70 bits per heavy atom. The van der Waals surface area contributed by atoms with E-state index in [9.17, 15) is 15.0 Å². The van der Waals surface area contributed by atoms with E-state index in [2.05, 4.69) is 17.0 Å². The van der Waals surface area contributed by atoms with E-state index in [1.807, 2.05) is 48.5 Å². The molecule has 0 spiro atoms. The van der Waals surface area contributed by atoms with Crippen LogP contribution in [0.25, 0.3) is 0 Å². The van der Waals surface area contributed by atoms with Crippen LogP contribution >= 0.6 is 0 Å². The van der Waals surface area contributed by atoms with Crippen molar-refractivity contribution in [2.75, 3.05) is 26.2 Å². The number of carboxylic acid groups (broad SMARTS) is 1. The molecule has 1 saturated heterocycles. The highest BCUT2D eigenvalue weighted by Gasteiger charge is 2.47.